The van der Waals surface area contributed by atoms with Gasteiger partial charge in [-0.05, 0) is 42.3 Å². The van der Waals surface area contributed by atoms with Crippen molar-refractivity contribution in [3.05, 3.63) is 75.8 Å². The van der Waals surface area contributed by atoms with E-state index < -0.39 is 12.3 Å². The van der Waals surface area contributed by atoms with Gasteiger partial charge in [-0.3, -0.25) is 0 Å². The molecule has 0 aliphatic carbocycles. The van der Waals surface area contributed by atoms with Crippen LogP contribution >= 0.6 is 11.6 Å². The molecule has 1 amide bonds. The molecule has 10 heteroatoms. The predicted molar refractivity (Wildman–Crippen MR) is 122 cm³/mol. The van der Waals surface area contributed by atoms with Gasteiger partial charge in [0.25, 0.3) is 0 Å². The van der Waals surface area contributed by atoms with Crippen molar-refractivity contribution in [1.29, 1.82) is 0 Å². The minimum Gasteiger partial charge on any atom is -0.487 e. The van der Waals surface area contributed by atoms with Gasteiger partial charge < -0.3 is 29.8 Å². The molecule has 0 bridgehead atoms. The summed E-state index contributed by atoms with van der Waals surface area (Å²) in [6, 6.07) is 11.5. The second-order valence-electron chi connectivity index (χ2n) is 7.73. The lowest BCUT2D eigenvalue weighted by molar-refractivity contribution is 0.135. The number of hydrogen-bond acceptors (Lipinski definition) is 6. The Balaban J connectivity index is 1.31. The van der Waals surface area contributed by atoms with Gasteiger partial charge in [0.1, 0.15) is 23.9 Å². The summed E-state index contributed by atoms with van der Waals surface area (Å²) in [7, 11) is 0. The fourth-order valence-electron chi connectivity index (χ4n) is 4.00. The van der Waals surface area contributed by atoms with Crippen molar-refractivity contribution in [3.63, 3.8) is 0 Å². The fraction of sp³-hybridized carbons (Fsp3) is 0.217. The zero-order chi connectivity index (χ0) is 22.9. The third kappa shape index (κ3) is 4.31. The molecular weight excluding hydrogens is 451 g/mol. The molecule has 3 aromatic rings. The lowest BCUT2D eigenvalue weighted by Gasteiger charge is -2.25. The Morgan fingerprint density at radius 2 is 2.24 bits per heavy atom. The molecule has 0 spiro atoms. The number of benzene rings is 2. The van der Waals surface area contributed by atoms with Gasteiger partial charge in [0, 0.05) is 17.8 Å². The molecule has 0 saturated carbocycles. The minimum absolute atomic E-state index is 0.195. The second kappa shape index (κ2) is 8.67. The van der Waals surface area contributed by atoms with Gasteiger partial charge >= 0.3 is 6.09 Å². The topological polar surface area (TPSA) is 99.3 Å². The number of anilines is 2. The molecule has 1 aromatic heterocycles. The van der Waals surface area contributed by atoms with Crippen molar-refractivity contribution >= 4 is 35.6 Å². The maximum Gasteiger partial charge on any atom is 0.407 e. The zero-order valence-corrected chi connectivity index (χ0v) is 18.1. The predicted octanol–water partition coefficient (Wildman–Crippen LogP) is 5.25. The van der Waals surface area contributed by atoms with E-state index in [0.29, 0.717) is 40.9 Å². The van der Waals surface area contributed by atoms with Crippen LogP contribution in [0.5, 0.6) is 5.75 Å². The minimum atomic E-state index is -0.969. The number of ether oxygens (including phenoxy) is 1. The highest BCUT2D eigenvalue weighted by Crippen LogP contribution is 2.40. The lowest BCUT2D eigenvalue weighted by atomic mass is 10.0. The average molecular weight is 471 g/mol. The standard InChI is InChI=1S/C23H20ClFN4O4/c24-17-9-15(4-5-18(17)32-11-13-2-1-3-14(25)8-13)28-21-20-16-6-7-29(23(30)31)10-19(16)33-22(20)27-12-26-21/h1-5,8-9,12,21,28H,6-7,10-11H2,(H,26,27)(H,30,31). The highest BCUT2D eigenvalue weighted by molar-refractivity contribution is 6.32. The van der Waals surface area contributed by atoms with Crippen molar-refractivity contribution in [2.75, 3.05) is 17.2 Å². The maximum atomic E-state index is 13.3. The van der Waals surface area contributed by atoms with Crippen molar-refractivity contribution in [2.45, 2.75) is 25.7 Å². The van der Waals surface area contributed by atoms with Crippen molar-refractivity contribution in [1.82, 2.24) is 4.90 Å². The molecule has 1 atom stereocenters. The van der Waals surface area contributed by atoms with Gasteiger partial charge in [-0.25, -0.2) is 14.2 Å². The van der Waals surface area contributed by atoms with Gasteiger partial charge in [-0.15, -0.1) is 0 Å². The van der Waals surface area contributed by atoms with E-state index in [1.807, 2.05) is 6.07 Å². The quantitative estimate of drug-likeness (QED) is 0.471. The number of halogens is 2. The highest BCUT2D eigenvalue weighted by atomic mass is 35.5. The van der Waals surface area contributed by atoms with Gasteiger partial charge in [0.05, 0.1) is 23.5 Å². The maximum absolute atomic E-state index is 13.3. The van der Waals surface area contributed by atoms with Crippen LogP contribution in [-0.4, -0.2) is 29.0 Å². The molecule has 33 heavy (non-hydrogen) atoms. The molecule has 0 radical (unpaired) electrons. The van der Waals surface area contributed by atoms with E-state index in [1.54, 1.807) is 30.6 Å². The van der Waals surface area contributed by atoms with Gasteiger partial charge in [-0.1, -0.05) is 23.7 Å². The van der Waals surface area contributed by atoms with Gasteiger partial charge in [0.15, 0.2) is 6.17 Å². The van der Waals surface area contributed by atoms with E-state index in [2.05, 4.69) is 15.6 Å². The SMILES string of the molecule is O=C(O)N1CCc2c(oc3c2C(Nc2ccc(OCc4cccc(F)c4)c(Cl)c2)N=CN3)C1. The molecule has 170 valence electrons. The smallest absolute Gasteiger partial charge is 0.407 e. The Labute approximate surface area is 193 Å². The molecule has 1 unspecified atom stereocenters. The molecule has 0 saturated heterocycles. The number of aliphatic imine (C=N–C) groups is 1. The number of rotatable bonds is 5. The molecule has 0 fully saturated rings. The fourth-order valence-corrected chi connectivity index (χ4v) is 4.23. The first-order chi connectivity index (χ1) is 16.0. The molecule has 2 aromatic carbocycles. The summed E-state index contributed by atoms with van der Waals surface area (Å²) in [5.74, 6) is 1.34. The number of amides is 1. The number of carboxylic acid groups (broad SMARTS) is 1. The van der Waals surface area contributed by atoms with Crippen LogP contribution in [0.15, 0.2) is 51.9 Å². The third-order valence-corrected chi connectivity index (χ3v) is 5.87. The number of fused-ring (bicyclic) bond motifs is 3. The monoisotopic (exact) mass is 470 g/mol. The van der Waals surface area contributed by atoms with Crippen molar-refractivity contribution in [2.24, 2.45) is 4.99 Å². The van der Waals surface area contributed by atoms with Crippen LogP contribution in [-0.2, 0) is 19.6 Å². The molecule has 8 nitrogen and oxygen atoms in total. The third-order valence-electron chi connectivity index (χ3n) is 5.58. The molecule has 5 rings (SSSR count). The first kappa shape index (κ1) is 21.1. The Morgan fingerprint density at radius 3 is 3.03 bits per heavy atom. The normalized spacial score (nSPS) is 16.5. The van der Waals surface area contributed by atoms with Crippen LogP contribution in [0.1, 0.15) is 28.6 Å². The highest BCUT2D eigenvalue weighted by Gasteiger charge is 2.33. The van der Waals surface area contributed by atoms with Crippen LogP contribution in [0.2, 0.25) is 5.02 Å². The summed E-state index contributed by atoms with van der Waals surface area (Å²) in [5, 5.41) is 16.0. The summed E-state index contributed by atoms with van der Waals surface area (Å²) in [4.78, 5) is 17.1. The molecule has 2 aliphatic heterocycles. The van der Waals surface area contributed by atoms with Crippen molar-refractivity contribution in [3.8, 4) is 5.75 Å². The Bertz CT molecular complexity index is 1250. The first-order valence-corrected chi connectivity index (χ1v) is 10.7. The Morgan fingerprint density at radius 1 is 1.36 bits per heavy atom. The largest absolute Gasteiger partial charge is 0.487 e. The number of nitrogens with zero attached hydrogens (tertiary/aromatic N) is 2. The average Bonchev–Trinajstić information content (AvgIpc) is 3.17. The number of furan rings is 1. The van der Waals surface area contributed by atoms with E-state index in [1.165, 1.54) is 17.0 Å². The number of nitrogens with one attached hydrogen (secondary N) is 2. The zero-order valence-electron chi connectivity index (χ0n) is 17.3. The first-order valence-electron chi connectivity index (χ1n) is 10.3. The van der Waals surface area contributed by atoms with Crippen LogP contribution < -0.4 is 15.4 Å². The Hall–Kier alpha value is -3.72. The number of hydrogen-bond donors (Lipinski definition) is 3. The van der Waals surface area contributed by atoms with E-state index in [-0.39, 0.29) is 19.0 Å². The number of carbonyl (C=O) groups is 1. The van der Waals surface area contributed by atoms with E-state index in [9.17, 15) is 14.3 Å². The van der Waals surface area contributed by atoms with Crippen LogP contribution in [0.3, 0.4) is 0 Å². The van der Waals surface area contributed by atoms with Gasteiger partial charge in [0.2, 0.25) is 5.88 Å². The summed E-state index contributed by atoms with van der Waals surface area (Å²) in [6.45, 7) is 0.796. The Kier molecular flexibility index (Phi) is 5.55. The molecule has 2 aliphatic rings. The summed E-state index contributed by atoms with van der Waals surface area (Å²) >= 11 is 6.42. The lowest BCUT2D eigenvalue weighted by Crippen LogP contribution is -2.34. The van der Waals surface area contributed by atoms with Crippen LogP contribution in [0.4, 0.5) is 20.8 Å². The summed E-state index contributed by atoms with van der Waals surface area (Å²) in [5.41, 5.74) is 3.26. The van der Waals surface area contributed by atoms with Crippen LogP contribution in [0.25, 0.3) is 0 Å². The van der Waals surface area contributed by atoms with E-state index in [4.69, 9.17) is 20.8 Å². The summed E-state index contributed by atoms with van der Waals surface area (Å²) < 4.78 is 25.0. The molecular formula is C23H20ClFN4O4. The molecule has 3 heterocycles. The van der Waals surface area contributed by atoms with E-state index in [0.717, 1.165) is 16.8 Å². The molecule has 3 N–H and O–H groups in total. The summed E-state index contributed by atoms with van der Waals surface area (Å²) in [6.07, 6.45) is 0.703. The van der Waals surface area contributed by atoms with Crippen LogP contribution in [0, 0.1) is 5.82 Å². The second-order valence-corrected chi connectivity index (χ2v) is 8.14. The van der Waals surface area contributed by atoms with Gasteiger partial charge in [-0.2, -0.15) is 0 Å². The van der Waals surface area contributed by atoms with Crippen molar-refractivity contribution < 1.29 is 23.4 Å². The van der Waals surface area contributed by atoms with E-state index >= 15 is 0 Å².